The van der Waals surface area contributed by atoms with E-state index in [9.17, 15) is 14.0 Å². The maximum Gasteiger partial charge on any atom is 0.341 e. The van der Waals surface area contributed by atoms with E-state index in [0.717, 1.165) is 5.56 Å². The largest absolute Gasteiger partial charge is 0.462 e. The van der Waals surface area contributed by atoms with Crippen molar-refractivity contribution in [2.75, 3.05) is 6.61 Å². The predicted octanol–water partition coefficient (Wildman–Crippen LogP) is 3.02. The van der Waals surface area contributed by atoms with Crippen LogP contribution in [-0.4, -0.2) is 32.3 Å². The number of esters is 1. The summed E-state index contributed by atoms with van der Waals surface area (Å²) in [5.41, 5.74) is 1.35. The number of rotatable bonds is 5. The molecule has 0 radical (unpaired) electrons. The third-order valence-corrected chi connectivity index (χ3v) is 4.41. The highest BCUT2D eigenvalue weighted by Gasteiger charge is 2.14. The average Bonchev–Trinajstić information content (AvgIpc) is 3.20. The van der Waals surface area contributed by atoms with E-state index in [1.165, 1.54) is 29.2 Å². The molecule has 0 unspecified atom stereocenters. The number of halogens is 1. The molecule has 29 heavy (non-hydrogen) atoms. The van der Waals surface area contributed by atoms with E-state index in [4.69, 9.17) is 4.74 Å². The second kappa shape index (κ2) is 7.67. The van der Waals surface area contributed by atoms with Gasteiger partial charge in [-0.05, 0) is 24.1 Å². The highest BCUT2D eigenvalue weighted by Crippen LogP contribution is 2.19. The summed E-state index contributed by atoms with van der Waals surface area (Å²) in [6.45, 7) is 1.94. The Morgan fingerprint density at radius 1 is 1.24 bits per heavy atom. The molecular weight excluding hydrogens is 375 g/mol. The Labute approximate surface area is 164 Å². The summed E-state index contributed by atoms with van der Waals surface area (Å²) in [7, 11) is 0. The van der Waals surface area contributed by atoms with Crippen molar-refractivity contribution in [1.82, 2.24) is 19.7 Å². The van der Waals surface area contributed by atoms with Crippen molar-refractivity contribution < 1.29 is 13.9 Å². The lowest BCUT2D eigenvalue weighted by molar-refractivity contribution is 0.0526. The van der Waals surface area contributed by atoms with Crippen LogP contribution >= 0.6 is 0 Å². The number of aromatic nitrogens is 4. The molecule has 7 nitrogen and oxygen atoms in total. The maximum atomic E-state index is 14.6. The average molecular weight is 392 g/mol. The monoisotopic (exact) mass is 392 g/mol. The van der Waals surface area contributed by atoms with Gasteiger partial charge in [-0.25, -0.2) is 18.9 Å². The first-order chi connectivity index (χ1) is 14.0. The molecule has 0 aliphatic rings. The first-order valence-electron chi connectivity index (χ1n) is 9.03. The third-order valence-electron chi connectivity index (χ3n) is 4.41. The van der Waals surface area contributed by atoms with Gasteiger partial charge < -0.3 is 4.74 Å². The van der Waals surface area contributed by atoms with Crippen LogP contribution in [0, 0.1) is 5.82 Å². The number of nitrogens with zero attached hydrogens (tertiary/aromatic N) is 3. The van der Waals surface area contributed by atoms with E-state index in [1.807, 2.05) is 30.3 Å². The fraction of sp³-hybridized carbons (Fsp3) is 0.143. The smallest absolute Gasteiger partial charge is 0.341 e. The molecule has 146 valence electrons. The molecule has 0 saturated heterocycles. The highest BCUT2D eigenvalue weighted by atomic mass is 19.1. The Bertz CT molecular complexity index is 1250. The zero-order valence-electron chi connectivity index (χ0n) is 15.6. The lowest BCUT2D eigenvalue weighted by Crippen LogP contribution is -2.14. The van der Waals surface area contributed by atoms with Gasteiger partial charge in [-0.15, -0.1) is 0 Å². The van der Waals surface area contributed by atoms with Crippen molar-refractivity contribution in [3.63, 3.8) is 0 Å². The Morgan fingerprint density at radius 3 is 2.79 bits per heavy atom. The molecule has 0 spiro atoms. The molecule has 0 atom stereocenters. The number of hydrogen-bond acceptors (Lipinski definition) is 5. The van der Waals surface area contributed by atoms with Crippen molar-refractivity contribution in [3.8, 4) is 5.95 Å². The van der Waals surface area contributed by atoms with Crippen LogP contribution in [0.1, 0.15) is 28.4 Å². The summed E-state index contributed by atoms with van der Waals surface area (Å²) in [5, 5.41) is 4.30. The summed E-state index contributed by atoms with van der Waals surface area (Å²) in [6.07, 6.45) is 3.07. The van der Waals surface area contributed by atoms with Gasteiger partial charge in [0.2, 0.25) is 5.95 Å². The van der Waals surface area contributed by atoms with E-state index in [2.05, 4.69) is 15.1 Å². The van der Waals surface area contributed by atoms with Crippen LogP contribution < -0.4 is 5.56 Å². The normalized spacial score (nSPS) is 11.0. The first-order valence-corrected chi connectivity index (χ1v) is 9.03. The summed E-state index contributed by atoms with van der Waals surface area (Å²) < 4.78 is 20.8. The van der Waals surface area contributed by atoms with Crippen molar-refractivity contribution in [2.24, 2.45) is 0 Å². The van der Waals surface area contributed by atoms with Gasteiger partial charge in [0.1, 0.15) is 5.82 Å². The minimum atomic E-state index is -0.529. The van der Waals surface area contributed by atoms with Crippen LogP contribution in [0.3, 0.4) is 0 Å². The van der Waals surface area contributed by atoms with Crippen LogP contribution in [0.5, 0.6) is 0 Å². The Morgan fingerprint density at radius 2 is 2.03 bits per heavy atom. The molecule has 1 N–H and O–H groups in total. The number of aromatic amines is 1. The Hall–Kier alpha value is -3.81. The third kappa shape index (κ3) is 3.77. The molecule has 2 heterocycles. The number of ether oxygens (including phenoxy) is 1. The number of H-pyrrole nitrogens is 1. The molecule has 4 aromatic rings. The maximum absolute atomic E-state index is 14.6. The van der Waals surface area contributed by atoms with E-state index < -0.39 is 17.3 Å². The number of carbonyl (C=O) groups excluding carboxylic acids is 1. The number of nitrogens with one attached hydrogen (secondary N) is 1. The molecule has 0 aliphatic carbocycles. The minimum Gasteiger partial charge on any atom is -0.462 e. The number of hydrogen-bond donors (Lipinski definition) is 1. The number of carbonyl (C=O) groups is 1. The topological polar surface area (TPSA) is 89.9 Å². The molecule has 2 aromatic heterocycles. The van der Waals surface area contributed by atoms with E-state index in [-0.39, 0.29) is 29.0 Å². The first kappa shape index (κ1) is 18.5. The summed E-state index contributed by atoms with van der Waals surface area (Å²) in [6, 6.07) is 12.2. The van der Waals surface area contributed by atoms with Crippen molar-refractivity contribution in [2.45, 2.75) is 13.3 Å². The zero-order valence-corrected chi connectivity index (χ0v) is 15.6. The van der Waals surface area contributed by atoms with Crippen LogP contribution in [0.4, 0.5) is 4.39 Å². The predicted molar refractivity (Wildman–Crippen MR) is 105 cm³/mol. The van der Waals surface area contributed by atoms with Gasteiger partial charge in [-0.3, -0.25) is 9.78 Å². The van der Waals surface area contributed by atoms with Crippen LogP contribution in [0.15, 0.2) is 59.7 Å². The summed E-state index contributed by atoms with van der Waals surface area (Å²) in [5.74, 6) is -0.898. The molecule has 0 aliphatic heterocycles. The fourth-order valence-corrected chi connectivity index (χ4v) is 3.01. The molecule has 4 rings (SSSR count). The van der Waals surface area contributed by atoms with Crippen molar-refractivity contribution in [3.05, 3.63) is 87.7 Å². The van der Waals surface area contributed by atoms with Gasteiger partial charge >= 0.3 is 5.97 Å². The molecule has 8 heteroatoms. The SMILES string of the molecule is CCOC(=O)c1cnn(-c2nc3cc(F)c(Cc4ccccc4)cc3c(=O)[nH]2)c1. The van der Waals surface area contributed by atoms with Crippen LogP contribution in [0.2, 0.25) is 0 Å². The molecule has 2 aromatic carbocycles. The summed E-state index contributed by atoms with van der Waals surface area (Å²) in [4.78, 5) is 31.3. The second-order valence-electron chi connectivity index (χ2n) is 6.41. The molecule has 0 fully saturated rings. The standard InChI is InChI=1S/C21H17FN4O3/c1-2-29-20(28)15-11-23-26(12-15)21-24-18-10-17(22)14(9-16(18)19(27)25-21)8-13-6-4-3-5-7-13/h3-7,9-12H,2,8H2,1H3,(H,24,25,27). The van der Waals surface area contributed by atoms with Gasteiger partial charge in [-0.1, -0.05) is 30.3 Å². The number of fused-ring (bicyclic) bond motifs is 1. The van der Waals surface area contributed by atoms with E-state index >= 15 is 0 Å². The van der Waals surface area contributed by atoms with Gasteiger partial charge in [0.25, 0.3) is 5.56 Å². The van der Waals surface area contributed by atoms with Gasteiger partial charge in [0, 0.05) is 18.7 Å². The zero-order chi connectivity index (χ0) is 20.4. The summed E-state index contributed by atoms with van der Waals surface area (Å²) >= 11 is 0. The van der Waals surface area contributed by atoms with Crippen LogP contribution in [-0.2, 0) is 11.2 Å². The minimum absolute atomic E-state index is 0.0771. The fourth-order valence-electron chi connectivity index (χ4n) is 3.01. The quantitative estimate of drug-likeness (QED) is 0.528. The highest BCUT2D eigenvalue weighted by molar-refractivity contribution is 5.88. The van der Waals surface area contributed by atoms with Gasteiger partial charge in [-0.2, -0.15) is 5.10 Å². The Balaban J connectivity index is 1.72. The van der Waals surface area contributed by atoms with E-state index in [0.29, 0.717) is 12.0 Å². The van der Waals surface area contributed by atoms with Gasteiger partial charge in [0.05, 0.1) is 29.3 Å². The van der Waals surface area contributed by atoms with Crippen molar-refractivity contribution in [1.29, 1.82) is 0 Å². The lowest BCUT2D eigenvalue weighted by Gasteiger charge is -2.07. The molecular formula is C21H17FN4O3. The molecule has 0 amide bonds. The van der Waals surface area contributed by atoms with Gasteiger partial charge in [0.15, 0.2) is 0 Å². The molecule has 0 bridgehead atoms. The lowest BCUT2D eigenvalue weighted by atomic mass is 10.0. The second-order valence-corrected chi connectivity index (χ2v) is 6.41. The Kier molecular flexibility index (Phi) is 4.90. The van der Waals surface area contributed by atoms with Crippen LogP contribution in [0.25, 0.3) is 16.9 Å². The van der Waals surface area contributed by atoms with Crippen molar-refractivity contribution >= 4 is 16.9 Å². The number of benzene rings is 2. The molecule has 0 saturated carbocycles. The van der Waals surface area contributed by atoms with E-state index in [1.54, 1.807) is 6.92 Å².